The van der Waals surface area contributed by atoms with Crippen LogP contribution in [0.2, 0.25) is 0 Å². The first-order chi connectivity index (χ1) is 9.41. The fourth-order valence-corrected chi connectivity index (χ4v) is 3.76. The van der Waals surface area contributed by atoms with Crippen molar-refractivity contribution in [3.8, 4) is 5.75 Å². The Morgan fingerprint density at radius 3 is 2.60 bits per heavy atom. The monoisotopic (exact) mass is 320 g/mol. The number of halogens is 3. The van der Waals surface area contributed by atoms with Crippen LogP contribution in [-0.2, 0) is 22.7 Å². The van der Waals surface area contributed by atoms with Crippen molar-refractivity contribution >= 4 is 22.1 Å². The predicted molar refractivity (Wildman–Crippen MR) is 72.4 cm³/mol. The molecule has 0 bridgehead atoms. The molecule has 0 saturated carbocycles. The summed E-state index contributed by atoms with van der Waals surface area (Å²) in [6.45, 7) is 0. The first kappa shape index (κ1) is 15.1. The van der Waals surface area contributed by atoms with Crippen molar-refractivity contribution in [1.29, 1.82) is 0 Å². The Morgan fingerprint density at radius 2 is 2.00 bits per heavy atom. The molecule has 0 saturated heterocycles. The molecule has 1 heterocycles. The highest BCUT2D eigenvalue weighted by atomic mass is 32.2. The molecule has 108 valence electrons. The summed E-state index contributed by atoms with van der Waals surface area (Å²) in [5, 5.41) is 1.39. The molecular formula is C13H11F3O2S2. The molecule has 2 aromatic rings. The minimum absolute atomic E-state index is 0.0347. The average molecular weight is 320 g/mol. The zero-order chi connectivity index (χ0) is 14.8. The van der Waals surface area contributed by atoms with Crippen molar-refractivity contribution in [1.82, 2.24) is 0 Å². The Hall–Kier alpha value is -1.34. The second kappa shape index (κ2) is 5.97. The quantitative estimate of drug-likeness (QED) is 0.848. The standard InChI is InChI=1S/C13H11F3O2S2/c1-18-10-4-2-3-5-11(10)20(17)8-9-6-12(19-7-9)13(14,15)16/h2-7H,8H2,1H3. The highest BCUT2D eigenvalue weighted by molar-refractivity contribution is 7.84. The smallest absolute Gasteiger partial charge is 0.425 e. The third-order valence-corrected chi connectivity index (χ3v) is 4.99. The van der Waals surface area contributed by atoms with Gasteiger partial charge in [0.25, 0.3) is 0 Å². The average Bonchev–Trinajstić information content (AvgIpc) is 2.87. The fourth-order valence-electron chi connectivity index (χ4n) is 1.64. The van der Waals surface area contributed by atoms with Crippen LogP contribution < -0.4 is 4.74 Å². The maximum atomic E-state index is 12.5. The van der Waals surface area contributed by atoms with Crippen molar-refractivity contribution in [2.75, 3.05) is 7.11 Å². The lowest BCUT2D eigenvalue weighted by atomic mass is 10.3. The normalized spacial score (nSPS) is 13.2. The third-order valence-electron chi connectivity index (χ3n) is 2.55. The molecule has 0 N–H and O–H groups in total. The van der Waals surface area contributed by atoms with Crippen molar-refractivity contribution < 1.29 is 22.1 Å². The van der Waals surface area contributed by atoms with Crippen LogP contribution in [0.1, 0.15) is 10.4 Å². The van der Waals surface area contributed by atoms with Gasteiger partial charge in [-0.05, 0) is 29.1 Å². The van der Waals surface area contributed by atoms with E-state index < -0.39 is 21.9 Å². The van der Waals surface area contributed by atoms with Gasteiger partial charge in [-0.2, -0.15) is 13.2 Å². The van der Waals surface area contributed by atoms with Gasteiger partial charge in [-0.15, -0.1) is 11.3 Å². The lowest BCUT2D eigenvalue weighted by Crippen LogP contribution is -2.02. The van der Waals surface area contributed by atoms with Gasteiger partial charge in [-0.1, -0.05) is 12.1 Å². The summed E-state index contributed by atoms with van der Waals surface area (Å²) in [4.78, 5) is -0.195. The van der Waals surface area contributed by atoms with Gasteiger partial charge in [0.05, 0.1) is 28.6 Å². The molecular weight excluding hydrogens is 309 g/mol. The van der Waals surface area contributed by atoms with Crippen LogP contribution in [0, 0.1) is 0 Å². The molecule has 0 aliphatic carbocycles. The topological polar surface area (TPSA) is 26.3 Å². The Kier molecular flexibility index (Phi) is 4.49. The van der Waals surface area contributed by atoms with Gasteiger partial charge >= 0.3 is 6.18 Å². The first-order valence-electron chi connectivity index (χ1n) is 5.58. The van der Waals surface area contributed by atoms with Crippen molar-refractivity contribution in [3.05, 3.63) is 46.2 Å². The van der Waals surface area contributed by atoms with E-state index in [1.165, 1.54) is 12.5 Å². The van der Waals surface area contributed by atoms with E-state index in [-0.39, 0.29) is 5.75 Å². The second-order valence-corrected chi connectivity index (χ2v) is 6.29. The fraction of sp³-hybridized carbons (Fsp3) is 0.231. The van der Waals surface area contributed by atoms with E-state index >= 15 is 0 Å². The zero-order valence-electron chi connectivity index (χ0n) is 10.4. The van der Waals surface area contributed by atoms with Crippen LogP contribution in [-0.4, -0.2) is 11.3 Å². The van der Waals surface area contributed by atoms with Crippen LogP contribution in [0.3, 0.4) is 0 Å². The second-order valence-electron chi connectivity index (χ2n) is 3.96. The van der Waals surface area contributed by atoms with Gasteiger partial charge in [0.2, 0.25) is 0 Å². The number of para-hydroxylation sites is 1. The molecule has 0 spiro atoms. The molecule has 0 aliphatic rings. The van der Waals surface area contributed by atoms with E-state index in [2.05, 4.69) is 0 Å². The van der Waals surface area contributed by atoms with Crippen molar-refractivity contribution in [3.63, 3.8) is 0 Å². The van der Waals surface area contributed by atoms with E-state index in [0.717, 1.165) is 6.07 Å². The molecule has 0 amide bonds. The summed E-state index contributed by atoms with van der Waals surface area (Å²) >= 11 is 0.613. The van der Waals surface area contributed by atoms with Crippen LogP contribution in [0.4, 0.5) is 13.2 Å². The number of thiophene rings is 1. The van der Waals surface area contributed by atoms with Crippen molar-refractivity contribution in [2.24, 2.45) is 0 Å². The molecule has 0 fully saturated rings. The maximum Gasteiger partial charge on any atom is 0.425 e. The number of rotatable bonds is 4. The number of benzene rings is 1. The molecule has 1 unspecified atom stereocenters. The van der Waals surface area contributed by atoms with E-state index in [9.17, 15) is 17.4 Å². The molecule has 2 rings (SSSR count). The van der Waals surface area contributed by atoms with Crippen LogP contribution >= 0.6 is 11.3 Å². The Bertz CT molecular complexity index is 620. The predicted octanol–water partition coefficient (Wildman–Crippen LogP) is 4.08. The molecule has 2 nitrogen and oxygen atoms in total. The summed E-state index contributed by atoms with van der Waals surface area (Å²) in [5.41, 5.74) is 0.409. The van der Waals surface area contributed by atoms with Gasteiger partial charge < -0.3 is 4.74 Å². The number of alkyl halides is 3. The van der Waals surface area contributed by atoms with Gasteiger partial charge in [-0.3, -0.25) is 4.21 Å². The van der Waals surface area contributed by atoms with Crippen LogP contribution in [0.15, 0.2) is 40.6 Å². The first-order valence-corrected chi connectivity index (χ1v) is 7.77. The molecule has 0 radical (unpaired) electrons. The van der Waals surface area contributed by atoms with Gasteiger partial charge in [-0.25, -0.2) is 0 Å². The lowest BCUT2D eigenvalue weighted by molar-refractivity contribution is -0.134. The van der Waals surface area contributed by atoms with Crippen LogP contribution in [0.25, 0.3) is 0 Å². The molecule has 1 atom stereocenters. The summed E-state index contributed by atoms with van der Waals surface area (Å²) in [5.74, 6) is 0.504. The highest BCUT2D eigenvalue weighted by Gasteiger charge is 2.32. The number of hydrogen-bond donors (Lipinski definition) is 0. The van der Waals surface area contributed by atoms with Crippen LogP contribution in [0.5, 0.6) is 5.75 Å². The third kappa shape index (κ3) is 3.40. The number of methoxy groups -OCH3 is 1. The van der Waals surface area contributed by atoms with Gasteiger partial charge in [0, 0.05) is 0 Å². The van der Waals surface area contributed by atoms with Gasteiger partial charge in [0.15, 0.2) is 0 Å². The summed E-state index contributed by atoms with van der Waals surface area (Å²) in [6, 6.07) is 7.81. The minimum Gasteiger partial charge on any atom is -0.495 e. The Balaban J connectivity index is 2.18. The maximum absolute atomic E-state index is 12.5. The van der Waals surface area contributed by atoms with Crippen molar-refractivity contribution in [2.45, 2.75) is 16.8 Å². The minimum atomic E-state index is -4.35. The Labute approximate surface area is 120 Å². The number of hydrogen-bond acceptors (Lipinski definition) is 3. The van der Waals surface area contributed by atoms with E-state index in [1.807, 2.05) is 0 Å². The lowest BCUT2D eigenvalue weighted by Gasteiger charge is -2.07. The van der Waals surface area contributed by atoms with E-state index in [1.54, 1.807) is 24.3 Å². The Morgan fingerprint density at radius 1 is 1.30 bits per heavy atom. The molecule has 7 heteroatoms. The molecule has 1 aromatic carbocycles. The largest absolute Gasteiger partial charge is 0.495 e. The van der Waals surface area contributed by atoms with E-state index in [4.69, 9.17) is 4.74 Å². The molecule has 1 aromatic heterocycles. The zero-order valence-corrected chi connectivity index (χ0v) is 12.1. The highest BCUT2D eigenvalue weighted by Crippen LogP contribution is 2.35. The van der Waals surface area contributed by atoms with Gasteiger partial charge in [0.1, 0.15) is 10.6 Å². The number of ether oxygens (including phenoxy) is 1. The summed E-state index contributed by atoms with van der Waals surface area (Å²) < 4.78 is 54.8. The SMILES string of the molecule is COc1ccccc1S(=O)Cc1csc(C(F)(F)F)c1. The summed E-state index contributed by atoms with van der Waals surface area (Å²) in [6.07, 6.45) is -4.35. The molecule has 0 aliphatic heterocycles. The molecule has 20 heavy (non-hydrogen) atoms. The van der Waals surface area contributed by atoms with E-state index in [0.29, 0.717) is 27.5 Å². The summed E-state index contributed by atoms with van der Waals surface area (Å²) in [7, 11) is 0.0157.